The van der Waals surface area contributed by atoms with Crippen molar-refractivity contribution in [2.45, 2.75) is 6.42 Å². The second-order valence-corrected chi connectivity index (χ2v) is 9.08. The molecule has 192 valence electrons. The molecule has 1 aliphatic rings. The van der Waals surface area contributed by atoms with E-state index in [0.717, 1.165) is 11.1 Å². The number of hydrogen-bond acceptors (Lipinski definition) is 5. The number of nitrogens with zero attached hydrogens (tertiary/aromatic N) is 1. The van der Waals surface area contributed by atoms with Gasteiger partial charge in [-0.25, -0.2) is 0 Å². The number of nitrogens with one attached hydrogen (secondary N) is 1. The molecule has 0 atom stereocenters. The quantitative estimate of drug-likeness (QED) is 0.186. The normalized spacial score (nSPS) is 12.6. The molecular formula is C32H24N2O5. The first-order chi connectivity index (χ1) is 18.9. The van der Waals surface area contributed by atoms with Crippen LogP contribution in [0.4, 0.5) is 5.69 Å². The fourth-order valence-electron chi connectivity index (χ4n) is 4.36. The lowest BCUT2D eigenvalue weighted by atomic mass is 10.1. The van der Waals surface area contributed by atoms with Crippen molar-refractivity contribution in [3.63, 3.8) is 0 Å². The molecule has 0 saturated carbocycles. The maximum absolute atomic E-state index is 12.9. The van der Waals surface area contributed by atoms with E-state index in [-0.39, 0.29) is 35.8 Å². The summed E-state index contributed by atoms with van der Waals surface area (Å²) in [4.78, 5) is 52.0. The predicted octanol–water partition coefficient (Wildman–Crippen LogP) is 5.38. The average Bonchev–Trinajstić information content (AvgIpc) is 3.20. The molecule has 39 heavy (non-hydrogen) atoms. The van der Waals surface area contributed by atoms with Crippen molar-refractivity contribution in [3.05, 3.63) is 137 Å². The molecule has 0 aromatic heterocycles. The highest BCUT2D eigenvalue weighted by Crippen LogP contribution is 2.23. The van der Waals surface area contributed by atoms with Crippen molar-refractivity contribution >= 4 is 35.3 Å². The van der Waals surface area contributed by atoms with Gasteiger partial charge in [0.25, 0.3) is 17.7 Å². The summed E-state index contributed by atoms with van der Waals surface area (Å²) in [6.07, 6.45) is 3.50. The van der Waals surface area contributed by atoms with Crippen LogP contribution in [0.5, 0.6) is 5.75 Å². The molecule has 1 heterocycles. The van der Waals surface area contributed by atoms with Gasteiger partial charge in [-0.3, -0.25) is 24.1 Å². The molecule has 0 spiro atoms. The van der Waals surface area contributed by atoms with E-state index in [0.29, 0.717) is 34.4 Å². The minimum absolute atomic E-state index is 0.148. The van der Waals surface area contributed by atoms with Crippen LogP contribution in [0, 0.1) is 0 Å². The van der Waals surface area contributed by atoms with Crippen LogP contribution in [0.1, 0.15) is 52.6 Å². The molecule has 0 unspecified atom stereocenters. The maximum Gasteiger partial charge on any atom is 0.261 e. The van der Waals surface area contributed by atoms with Gasteiger partial charge in [0.1, 0.15) is 5.75 Å². The van der Waals surface area contributed by atoms with E-state index in [9.17, 15) is 24.3 Å². The van der Waals surface area contributed by atoms with Crippen molar-refractivity contribution in [2.24, 2.45) is 0 Å². The van der Waals surface area contributed by atoms with Gasteiger partial charge in [-0.15, -0.1) is 0 Å². The summed E-state index contributed by atoms with van der Waals surface area (Å²) in [6.45, 7) is 0.208. The lowest BCUT2D eigenvalue weighted by Gasteiger charge is -2.14. The van der Waals surface area contributed by atoms with Gasteiger partial charge in [0, 0.05) is 23.4 Å². The zero-order valence-electron chi connectivity index (χ0n) is 20.8. The number of rotatable bonds is 8. The third-order valence-corrected chi connectivity index (χ3v) is 6.42. The van der Waals surface area contributed by atoms with E-state index in [1.54, 1.807) is 97.1 Å². The first-order valence-electron chi connectivity index (χ1n) is 12.4. The monoisotopic (exact) mass is 516 g/mol. The number of anilines is 1. The van der Waals surface area contributed by atoms with Crippen LogP contribution in [-0.4, -0.2) is 40.1 Å². The molecular weight excluding hydrogens is 492 g/mol. The molecule has 0 saturated heterocycles. The SMILES string of the molecule is O=C(/C=C/c1ccc(O)cc1)c1cccc(NC(=O)c2cccc(CCN3C(=O)c4ccccc4C3=O)c2)c1. The van der Waals surface area contributed by atoms with Crippen LogP contribution in [0.15, 0.2) is 103 Å². The first-order valence-corrected chi connectivity index (χ1v) is 12.4. The number of benzene rings is 4. The molecule has 0 aliphatic carbocycles. The summed E-state index contributed by atoms with van der Waals surface area (Å²) < 4.78 is 0. The molecule has 7 nitrogen and oxygen atoms in total. The summed E-state index contributed by atoms with van der Waals surface area (Å²) in [6, 6.07) is 26.9. The van der Waals surface area contributed by atoms with Gasteiger partial charge in [-0.2, -0.15) is 0 Å². The number of carbonyl (C=O) groups excluding carboxylic acids is 4. The van der Waals surface area contributed by atoms with Crippen molar-refractivity contribution in [3.8, 4) is 5.75 Å². The molecule has 0 bridgehead atoms. The highest BCUT2D eigenvalue weighted by Gasteiger charge is 2.34. The largest absolute Gasteiger partial charge is 0.508 e. The zero-order valence-corrected chi connectivity index (χ0v) is 20.8. The number of imide groups is 1. The van der Waals surface area contributed by atoms with Crippen LogP contribution in [0.3, 0.4) is 0 Å². The number of aromatic hydroxyl groups is 1. The second kappa shape index (κ2) is 11.0. The fourth-order valence-corrected chi connectivity index (χ4v) is 4.36. The number of ketones is 1. The van der Waals surface area contributed by atoms with Crippen molar-refractivity contribution in [2.75, 3.05) is 11.9 Å². The zero-order chi connectivity index (χ0) is 27.4. The topological polar surface area (TPSA) is 104 Å². The summed E-state index contributed by atoms with van der Waals surface area (Å²) >= 11 is 0. The van der Waals surface area contributed by atoms with Gasteiger partial charge in [0.05, 0.1) is 11.1 Å². The number of hydrogen-bond donors (Lipinski definition) is 2. The van der Waals surface area contributed by atoms with E-state index in [4.69, 9.17) is 0 Å². The Kier molecular flexibility index (Phi) is 7.14. The highest BCUT2D eigenvalue weighted by molar-refractivity contribution is 6.21. The maximum atomic E-state index is 12.9. The Morgan fingerprint density at radius 2 is 1.44 bits per heavy atom. The van der Waals surface area contributed by atoms with Gasteiger partial charge < -0.3 is 10.4 Å². The fraction of sp³-hybridized carbons (Fsp3) is 0.0625. The lowest BCUT2D eigenvalue weighted by molar-refractivity contribution is 0.0655. The van der Waals surface area contributed by atoms with Gasteiger partial charge in [-0.05, 0) is 72.2 Å². The van der Waals surface area contributed by atoms with Gasteiger partial charge in [-0.1, -0.05) is 54.6 Å². The summed E-state index contributed by atoms with van der Waals surface area (Å²) in [5.41, 5.74) is 3.70. The van der Waals surface area contributed by atoms with Gasteiger partial charge >= 0.3 is 0 Å². The average molecular weight is 517 g/mol. The Hall–Kier alpha value is -5.30. The van der Waals surface area contributed by atoms with Crippen LogP contribution >= 0.6 is 0 Å². The molecule has 1 aliphatic heterocycles. The number of carbonyl (C=O) groups is 4. The van der Waals surface area contributed by atoms with E-state index in [2.05, 4.69) is 5.32 Å². The Morgan fingerprint density at radius 3 is 2.15 bits per heavy atom. The van der Waals surface area contributed by atoms with E-state index < -0.39 is 0 Å². The first kappa shape index (κ1) is 25.4. The lowest BCUT2D eigenvalue weighted by Crippen LogP contribution is -2.31. The van der Waals surface area contributed by atoms with E-state index in [1.807, 2.05) is 6.07 Å². The number of phenols is 1. The molecule has 7 heteroatoms. The molecule has 5 rings (SSSR count). The molecule has 3 amide bonds. The summed E-state index contributed by atoms with van der Waals surface area (Å²) in [5, 5.41) is 12.2. The Morgan fingerprint density at radius 1 is 0.769 bits per heavy atom. The van der Waals surface area contributed by atoms with E-state index in [1.165, 1.54) is 11.0 Å². The molecule has 4 aromatic rings. The minimum Gasteiger partial charge on any atom is -0.508 e. The molecule has 0 radical (unpaired) electrons. The smallest absolute Gasteiger partial charge is 0.261 e. The Bertz CT molecular complexity index is 1590. The van der Waals surface area contributed by atoms with Crippen molar-refractivity contribution < 1.29 is 24.3 Å². The number of phenolic OH excluding ortho intramolecular Hbond substituents is 1. The number of amides is 3. The van der Waals surface area contributed by atoms with Crippen LogP contribution in [0.2, 0.25) is 0 Å². The Labute approximate surface area is 225 Å². The van der Waals surface area contributed by atoms with Crippen LogP contribution < -0.4 is 5.32 Å². The van der Waals surface area contributed by atoms with Gasteiger partial charge in [0.15, 0.2) is 5.78 Å². The predicted molar refractivity (Wildman–Crippen MR) is 148 cm³/mol. The van der Waals surface area contributed by atoms with E-state index >= 15 is 0 Å². The minimum atomic E-state index is -0.346. The van der Waals surface area contributed by atoms with Crippen molar-refractivity contribution in [1.82, 2.24) is 4.90 Å². The third-order valence-electron chi connectivity index (χ3n) is 6.42. The number of fused-ring (bicyclic) bond motifs is 1. The molecule has 0 fully saturated rings. The molecule has 4 aromatic carbocycles. The standard InChI is InChI=1S/C32H24N2O5/c35-26-14-11-21(12-15-26)13-16-29(36)23-6-4-8-25(20-23)33-30(37)24-7-3-5-22(19-24)17-18-34-31(38)27-9-1-2-10-28(27)32(34)39/h1-16,19-20,35H,17-18H2,(H,33,37)/b16-13+. The highest BCUT2D eigenvalue weighted by atomic mass is 16.3. The summed E-state index contributed by atoms with van der Waals surface area (Å²) in [7, 11) is 0. The summed E-state index contributed by atoms with van der Waals surface area (Å²) in [5.74, 6) is -1.04. The van der Waals surface area contributed by atoms with Crippen molar-refractivity contribution in [1.29, 1.82) is 0 Å². The van der Waals surface area contributed by atoms with Crippen LogP contribution in [0.25, 0.3) is 6.08 Å². The molecule has 2 N–H and O–H groups in total. The third kappa shape index (κ3) is 5.67. The Balaban J connectivity index is 1.22. The number of allylic oxidation sites excluding steroid dienone is 1. The second-order valence-electron chi connectivity index (χ2n) is 9.08. The van der Waals surface area contributed by atoms with Gasteiger partial charge in [0.2, 0.25) is 0 Å². The van der Waals surface area contributed by atoms with Crippen LogP contribution in [-0.2, 0) is 6.42 Å².